The van der Waals surface area contributed by atoms with E-state index in [4.69, 9.17) is 0 Å². The molecule has 0 aromatic heterocycles. The van der Waals surface area contributed by atoms with Crippen molar-refractivity contribution in [1.29, 1.82) is 0 Å². The highest BCUT2D eigenvalue weighted by Gasteiger charge is 2.08. The molecule has 0 aliphatic heterocycles. The molecule has 1 rings (SSSR count). The molecule has 1 aromatic rings. The fourth-order valence-corrected chi connectivity index (χ4v) is 1.72. The Labute approximate surface area is 145 Å². The first-order valence-electron chi connectivity index (χ1n) is 7.29. The average molecular weight is 405 g/mol. The molecule has 0 spiro atoms. The fraction of sp³-hybridized carbons (Fsp3) is 0.562. The second-order valence-electron chi connectivity index (χ2n) is 5.42. The van der Waals surface area contributed by atoms with Crippen molar-refractivity contribution < 1.29 is 5.11 Å². The summed E-state index contributed by atoms with van der Waals surface area (Å²) >= 11 is 0. The standard InChI is InChI=1S/C16H27N3O.HI/c1-5-17-16(18-10-12(2)3)19-11-15(20)14-8-6-13(4)7-9-14;/h6-9,12,15,20H,5,10-11H2,1-4H3,(H2,17,18,19);1H. The van der Waals surface area contributed by atoms with E-state index in [9.17, 15) is 5.11 Å². The maximum absolute atomic E-state index is 10.2. The summed E-state index contributed by atoms with van der Waals surface area (Å²) in [7, 11) is 0. The van der Waals surface area contributed by atoms with E-state index in [1.54, 1.807) is 0 Å². The number of nitrogens with one attached hydrogen (secondary N) is 2. The number of aliphatic hydroxyl groups is 1. The summed E-state index contributed by atoms with van der Waals surface area (Å²) < 4.78 is 0. The van der Waals surface area contributed by atoms with E-state index in [-0.39, 0.29) is 24.0 Å². The van der Waals surface area contributed by atoms with E-state index >= 15 is 0 Å². The molecule has 0 saturated heterocycles. The average Bonchev–Trinajstić information content (AvgIpc) is 2.42. The minimum absolute atomic E-state index is 0. The molecule has 21 heavy (non-hydrogen) atoms. The SMILES string of the molecule is CCNC(=NCC(C)C)NCC(O)c1ccc(C)cc1.I. The molecule has 0 radical (unpaired) electrons. The van der Waals surface area contributed by atoms with E-state index in [0.717, 1.165) is 24.6 Å². The molecule has 0 aliphatic rings. The molecule has 1 unspecified atom stereocenters. The molecule has 0 amide bonds. The molecule has 0 bridgehead atoms. The van der Waals surface area contributed by atoms with Crippen molar-refractivity contribution in [3.8, 4) is 0 Å². The highest BCUT2D eigenvalue weighted by atomic mass is 127. The number of rotatable bonds is 6. The maximum atomic E-state index is 10.2. The van der Waals surface area contributed by atoms with E-state index in [1.165, 1.54) is 5.56 Å². The Morgan fingerprint density at radius 1 is 1.19 bits per heavy atom. The second-order valence-corrected chi connectivity index (χ2v) is 5.42. The molecule has 1 aromatic carbocycles. The van der Waals surface area contributed by atoms with Crippen LogP contribution in [0.1, 0.15) is 38.0 Å². The first kappa shape index (κ1) is 20.2. The third-order valence-corrected chi connectivity index (χ3v) is 2.88. The van der Waals surface area contributed by atoms with Crippen molar-refractivity contribution in [1.82, 2.24) is 10.6 Å². The quantitative estimate of drug-likeness (QED) is 0.388. The zero-order valence-corrected chi connectivity index (χ0v) is 15.7. The molecule has 3 N–H and O–H groups in total. The summed E-state index contributed by atoms with van der Waals surface area (Å²) in [6.07, 6.45) is -0.529. The Morgan fingerprint density at radius 3 is 2.33 bits per heavy atom. The van der Waals surface area contributed by atoms with Crippen molar-refractivity contribution in [2.45, 2.75) is 33.8 Å². The third kappa shape index (κ3) is 8.26. The van der Waals surface area contributed by atoms with Gasteiger partial charge in [-0.25, -0.2) is 0 Å². The monoisotopic (exact) mass is 405 g/mol. The number of benzene rings is 1. The van der Waals surface area contributed by atoms with Crippen molar-refractivity contribution in [2.75, 3.05) is 19.6 Å². The zero-order valence-electron chi connectivity index (χ0n) is 13.4. The van der Waals surface area contributed by atoms with Gasteiger partial charge in [-0.15, -0.1) is 24.0 Å². The Hall–Kier alpha value is -0.820. The fourth-order valence-electron chi connectivity index (χ4n) is 1.72. The van der Waals surface area contributed by atoms with Crippen LogP contribution in [0, 0.1) is 12.8 Å². The van der Waals surface area contributed by atoms with Crippen LogP contribution in [0.5, 0.6) is 0 Å². The van der Waals surface area contributed by atoms with Gasteiger partial charge in [0.15, 0.2) is 5.96 Å². The first-order valence-corrected chi connectivity index (χ1v) is 7.29. The minimum atomic E-state index is -0.529. The van der Waals surface area contributed by atoms with E-state index in [0.29, 0.717) is 12.5 Å². The van der Waals surface area contributed by atoms with Gasteiger partial charge < -0.3 is 15.7 Å². The Morgan fingerprint density at radius 2 is 1.81 bits per heavy atom. The zero-order chi connectivity index (χ0) is 15.0. The van der Waals surface area contributed by atoms with E-state index in [2.05, 4.69) is 29.5 Å². The van der Waals surface area contributed by atoms with Crippen LogP contribution in [0.3, 0.4) is 0 Å². The van der Waals surface area contributed by atoms with Crippen LogP contribution >= 0.6 is 24.0 Å². The van der Waals surface area contributed by atoms with Crippen LogP contribution < -0.4 is 10.6 Å². The van der Waals surface area contributed by atoms with Crippen molar-refractivity contribution in [2.24, 2.45) is 10.9 Å². The second kappa shape index (κ2) is 10.8. The molecular weight excluding hydrogens is 377 g/mol. The van der Waals surface area contributed by atoms with Crippen LogP contribution in [0.25, 0.3) is 0 Å². The number of aliphatic hydroxyl groups excluding tert-OH is 1. The van der Waals surface area contributed by atoms with Gasteiger partial charge in [0, 0.05) is 19.6 Å². The molecule has 0 heterocycles. The van der Waals surface area contributed by atoms with Crippen molar-refractivity contribution >= 4 is 29.9 Å². The number of nitrogens with zero attached hydrogens (tertiary/aromatic N) is 1. The topological polar surface area (TPSA) is 56.7 Å². The lowest BCUT2D eigenvalue weighted by Gasteiger charge is -2.16. The molecule has 0 fully saturated rings. The number of aliphatic imine (C=N–C) groups is 1. The van der Waals surface area contributed by atoms with Gasteiger partial charge in [0.05, 0.1) is 6.10 Å². The van der Waals surface area contributed by atoms with Gasteiger partial charge in [-0.1, -0.05) is 43.7 Å². The van der Waals surface area contributed by atoms with Gasteiger partial charge in [-0.05, 0) is 25.3 Å². The van der Waals surface area contributed by atoms with Gasteiger partial charge in [0.25, 0.3) is 0 Å². The van der Waals surface area contributed by atoms with Crippen LogP contribution in [0.2, 0.25) is 0 Å². The van der Waals surface area contributed by atoms with Crippen LogP contribution in [0.15, 0.2) is 29.3 Å². The van der Waals surface area contributed by atoms with Gasteiger partial charge in [-0.2, -0.15) is 0 Å². The largest absolute Gasteiger partial charge is 0.387 e. The van der Waals surface area contributed by atoms with Gasteiger partial charge in [0.2, 0.25) is 0 Å². The smallest absolute Gasteiger partial charge is 0.191 e. The number of guanidine groups is 1. The summed E-state index contributed by atoms with van der Waals surface area (Å²) in [6.45, 7) is 10.4. The highest BCUT2D eigenvalue weighted by molar-refractivity contribution is 14.0. The number of hydrogen-bond donors (Lipinski definition) is 3. The van der Waals surface area contributed by atoms with Crippen molar-refractivity contribution in [3.63, 3.8) is 0 Å². The molecule has 4 nitrogen and oxygen atoms in total. The molecule has 0 aliphatic carbocycles. The lowest BCUT2D eigenvalue weighted by molar-refractivity contribution is 0.181. The summed E-state index contributed by atoms with van der Waals surface area (Å²) in [6, 6.07) is 7.94. The predicted octanol–water partition coefficient (Wildman–Crippen LogP) is 2.86. The summed E-state index contributed by atoms with van der Waals surface area (Å²) in [5.41, 5.74) is 2.11. The number of halogens is 1. The molecule has 5 heteroatoms. The molecule has 0 saturated carbocycles. The predicted molar refractivity (Wildman–Crippen MR) is 100 cm³/mol. The highest BCUT2D eigenvalue weighted by Crippen LogP contribution is 2.12. The Kier molecular flexibility index (Phi) is 10.4. The lowest BCUT2D eigenvalue weighted by Crippen LogP contribution is -2.39. The number of aryl methyl sites for hydroxylation is 1. The maximum Gasteiger partial charge on any atom is 0.191 e. The number of hydrogen-bond acceptors (Lipinski definition) is 2. The molecular formula is C16H28IN3O. The first-order chi connectivity index (χ1) is 9.52. The van der Waals surface area contributed by atoms with E-state index in [1.807, 2.05) is 38.1 Å². The summed E-state index contributed by atoms with van der Waals surface area (Å²) in [4.78, 5) is 4.48. The Balaban J connectivity index is 0.00000400. The summed E-state index contributed by atoms with van der Waals surface area (Å²) in [5.74, 6) is 1.28. The lowest BCUT2D eigenvalue weighted by atomic mass is 10.1. The van der Waals surface area contributed by atoms with E-state index < -0.39 is 6.10 Å². The third-order valence-electron chi connectivity index (χ3n) is 2.88. The molecule has 120 valence electrons. The van der Waals surface area contributed by atoms with Gasteiger partial charge in [-0.3, -0.25) is 4.99 Å². The minimum Gasteiger partial charge on any atom is -0.387 e. The molecule has 1 atom stereocenters. The Bertz CT molecular complexity index is 418. The summed E-state index contributed by atoms with van der Waals surface area (Å²) in [5, 5.41) is 16.5. The van der Waals surface area contributed by atoms with Crippen molar-refractivity contribution in [3.05, 3.63) is 35.4 Å². The van der Waals surface area contributed by atoms with Crippen LogP contribution in [0.4, 0.5) is 0 Å². The van der Waals surface area contributed by atoms with Crippen LogP contribution in [-0.2, 0) is 0 Å². The van der Waals surface area contributed by atoms with Gasteiger partial charge >= 0.3 is 0 Å². The van der Waals surface area contributed by atoms with Crippen LogP contribution in [-0.4, -0.2) is 30.7 Å². The normalized spacial score (nSPS) is 12.8. The van der Waals surface area contributed by atoms with Gasteiger partial charge in [0.1, 0.15) is 0 Å².